The fourth-order valence-corrected chi connectivity index (χ4v) is 2.29. The van der Waals surface area contributed by atoms with Gasteiger partial charge in [-0.2, -0.15) is 0 Å². The number of imidazole rings is 1. The zero-order valence-corrected chi connectivity index (χ0v) is 11.4. The van der Waals surface area contributed by atoms with Crippen LogP contribution in [0.25, 0.3) is 11.0 Å². The second kappa shape index (κ2) is 5.25. The first-order valence-corrected chi connectivity index (χ1v) is 6.65. The molecule has 3 rings (SSSR count). The molecule has 0 saturated carbocycles. The van der Waals surface area contributed by atoms with Gasteiger partial charge in [-0.05, 0) is 30.7 Å². The van der Waals surface area contributed by atoms with E-state index < -0.39 is 0 Å². The van der Waals surface area contributed by atoms with Crippen molar-refractivity contribution in [3.63, 3.8) is 0 Å². The summed E-state index contributed by atoms with van der Waals surface area (Å²) < 4.78 is 7.79. The van der Waals surface area contributed by atoms with Crippen molar-refractivity contribution in [3.8, 4) is 5.75 Å². The van der Waals surface area contributed by atoms with E-state index in [1.807, 2.05) is 60.0 Å². The van der Waals surface area contributed by atoms with Crippen LogP contribution in [0.2, 0.25) is 0 Å². The Hall–Kier alpha value is -2.49. The predicted molar refractivity (Wildman–Crippen MR) is 80.8 cm³/mol. The molecule has 4 heteroatoms. The summed E-state index contributed by atoms with van der Waals surface area (Å²) >= 11 is 0. The van der Waals surface area contributed by atoms with Gasteiger partial charge < -0.3 is 15.0 Å². The van der Waals surface area contributed by atoms with Crippen LogP contribution < -0.4 is 10.5 Å². The number of aromatic nitrogens is 2. The summed E-state index contributed by atoms with van der Waals surface area (Å²) in [6.45, 7) is 3.28. The highest BCUT2D eigenvalue weighted by atomic mass is 16.5. The Balaban J connectivity index is 1.74. The van der Waals surface area contributed by atoms with Crippen molar-refractivity contribution >= 4 is 17.0 Å². The minimum atomic E-state index is 0.527. The highest BCUT2D eigenvalue weighted by molar-refractivity contribution is 5.78. The quantitative estimate of drug-likeness (QED) is 0.790. The summed E-state index contributed by atoms with van der Waals surface area (Å²) in [6.07, 6.45) is 0. The van der Waals surface area contributed by atoms with Crippen LogP contribution >= 0.6 is 0 Å². The number of anilines is 1. The summed E-state index contributed by atoms with van der Waals surface area (Å²) in [4.78, 5) is 4.34. The highest BCUT2D eigenvalue weighted by Crippen LogP contribution is 2.19. The lowest BCUT2D eigenvalue weighted by Crippen LogP contribution is -2.11. The fraction of sp³-hybridized carbons (Fsp3) is 0.188. The van der Waals surface area contributed by atoms with Crippen LogP contribution in [0, 0.1) is 6.92 Å². The lowest BCUT2D eigenvalue weighted by molar-refractivity contribution is 0.299. The number of nitrogens with two attached hydrogens (primary N) is 1. The van der Waals surface area contributed by atoms with Crippen LogP contribution in [0.4, 0.5) is 5.95 Å². The van der Waals surface area contributed by atoms with E-state index in [2.05, 4.69) is 4.98 Å². The number of fused-ring (bicyclic) bond motifs is 1. The van der Waals surface area contributed by atoms with Crippen LogP contribution in [-0.4, -0.2) is 16.2 Å². The molecule has 3 aromatic rings. The van der Waals surface area contributed by atoms with E-state index in [4.69, 9.17) is 10.5 Å². The number of aryl methyl sites for hydroxylation is 1. The first-order chi connectivity index (χ1) is 9.75. The van der Waals surface area contributed by atoms with Crippen LogP contribution in [0.3, 0.4) is 0 Å². The molecule has 2 N–H and O–H groups in total. The Labute approximate surface area is 117 Å². The number of benzene rings is 2. The molecule has 1 aromatic heterocycles. The molecule has 0 aliphatic rings. The number of hydrogen-bond acceptors (Lipinski definition) is 3. The van der Waals surface area contributed by atoms with Gasteiger partial charge in [0.25, 0.3) is 0 Å². The molecule has 0 amide bonds. The molecule has 0 spiro atoms. The van der Waals surface area contributed by atoms with E-state index in [9.17, 15) is 0 Å². The second-order valence-electron chi connectivity index (χ2n) is 4.72. The SMILES string of the molecule is Cc1ccccc1OCCn1c(N)nc2ccccc21. The van der Waals surface area contributed by atoms with E-state index in [1.165, 1.54) is 0 Å². The molecule has 20 heavy (non-hydrogen) atoms. The minimum absolute atomic E-state index is 0.527. The fourth-order valence-electron chi connectivity index (χ4n) is 2.29. The van der Waals surface area contributed by atoms with Crippen LogP contribution in [0.5, 0.6) is 5.75 Å². The summed E-state index contributed by atoms with van der Waals surface area (Å²) in [5.41, 5.74) is 9.05. The molecular weight excluding hydrogens is 250 g/mol. The Morgan fingerprint density at radius 3 is 2.70 bits per heavy atom. The maximum absolute atomic E-state index is 5.96. The third-order valence-corrected chi connectivity index (χ3v) is 3.35. The summed E-state index contributed by atoms with van der Waals surface area (Å²) in [7, 11) is 0. The molecule has 0 aliphatic heterocycles. The molecule has 1 heterocycles. The van der Waals surface area contributed by atoms with Gasteiger partial charge in [-0.25, -0.2) is 4.98 Å². The van der Waals surface area contributed by atoms with Crippen molar-refractivity contribution in [1.82, 2.24) is 9.55 Å². The van der Waals surface area contributed by atoms with E-state index in [0.29, 0.717) is 19.1 Å². The Morgan fingerprint density at radius 1 is 1.10 bits per heavy atom. The van der Waals surface area contributed by atoms with E-state index in [1.54, 1.807) is 0 Å². The number of nitrogen functional groups attached to an aromatic ring is 1. The molecule has 0 fully saturated rings. The number of hydrogen-bond donors (Lipinski definition) is 1. The summed E-state index contributed by atoms with van der Waals surface area (Å²) in [5.74, 6) is 1.44. The molecule has 0 unspecified atom stereocenters. The van der Waals surface area contributed by atoms with Crippen LogP contribution in [0.1, 0.15) is 5.56 Å². The highest BCUT2D eigenvalue weighted by Gasteiger charge is 2.07. The Bertz CT molecular complexity index is 733. The molecule has 2 aromatic carbocycles. The van der Waals surface area contributed by atoms with Crippen molar-refractivity contribution in [1.29, 1.82) is 0 Å². The maximum atomic E-state index is 5.96. The molecular formula is C16H17N3O. The van der Waals surface area contributed by atoms with Gasteiger partial charge in [0, 0.05) is 0 Å². The first kappa shape index (κ1) is 12.5. The van der Waals surface area contributed by atoms with Crippen molar-refractivity contribution < 1.29 is 4.74 Å². The van der Waals surface area contributed by atoms with Gasteiger partial charge in [0.05, 0.1) is 17.6 Å². The molecule has 0 atom stereocenters. The number of ether oxygens (including phenoxy) is 1. The lowest BCUT2D eigenvalue weighted by atomic mass is 10.2. The van der Waals surface area contributed by atoms with Gasteiger partial charge in [-0.15, -0.1) is 0 Å². The zero-order chi connectivity index (χ0) is 13.9. The van der Waals surface area contributed by atoms with Crippen molar-refractivity contribution in [3.05, 3.63) is 54.1 Å². The van der Waals surface area contributed by atoms with Crippen molar-refractivity contribution in [2.24, 2.45) is 0 Å². The number of rotatable bonds is 4. The minimum Gasteiger partial charge on any atom is -0.491 e. The monoisotopic (exact) mass is 267 g/mol. The zero-order valence-electron chi connectivity index (χ0n) is 11.4. The smallest absolute Gasteiger partial charge is 0.201 e. The van der Waals surface area contributed by atoms with Crippen molar-refractivity contribution in [2.45, 2.75) is 13.5 Å². The van der Waals surface area contributed by atoms with Gasteiger partial charge in [-0.3, -0.25) is 0 Å². The number of para-hydroxylation sites is 3. The Kier molecular flexibility index (Phi) is 3.29. The molecule has 0 radical (unpaired) electrons. The standard InChI is InChI=1S/C16H17N3O/c1-12-6-2-5-9-15(12)20-11-10-19-14-8-4-3-7-13(14)18-16(19)17/h2-9H,10-11H2,1H3,(H2,17,18). The van der Waals surface area contributed by atoms with Crippen molar-refractivity contribution in [2.75, 3.05) is 12.3 Å². The van der Waals surface area contributed by atoms with E-state index in [0.717, 1.165) is 22.3 Å². The summed E-state index contributed by atoms with van der Waals surface area (Å²) in [5, 5.41) is 0. The van der Waals surface area contributed by atoms with Gasteiger partial charge in [0.15, 0.2) is 0 Å². The molecule has 102 valence electrons. The molecule has 0 aliphatic carbocycles. The second-order valence-corrected chi connectivity index (χ2v) is 4.72. The maximum Gasteiger partial charge on any atom is 0.201 e. The number of nitrogens with zero attached hydrogens (tertiary/aromatic N) is 2. The molecule has 4 nitrogen and oxygen atoms in total. The van der Waals surface area contributed by atoms with Crippen LogP contribution in [-0.2, 0) is 6.54 Å². The van der Waals surface area contributed by atoms with E-state index in [-0.39, 0.29) is 0 Å². The topological polar surface area (TPSA) is 53.1 Å². The predicted octanol–water partition coefficient (Wildman–Crippen LogP) is 3.01. The Morgan fingerprint density at radius 2 is 1.85 bits per heavy atom. The van der Waals surface area contributed by atoms with Gasteiger partial charge in [-0.1, -0.05) is 30.3 Å². The largest absolute Gasteiger partial charge is 0.491 e. The van der Waals surface area contributed by atoms with Gasteiger partial charge >= 0.3 is 0 Å². The first-order valence-electron chi connectivity index (χ1n) is 6.65. The third-order valence-electron chi connectivity index (χ3n) is 3.35. The average molecular weight is 267 g/mol. The average Bonchev–Trinajstić information content (AvgIpc) is 2.77. The normalized spacial score (nSPS) is 10.8. The lowest BCUT2D eigenvalue weighted by Gasteiger charge is -2.10. The van der Waals surface area contributed by atoms with E-state index >= 15 is 0 Å². The van der Waals surface area contributed by atoms with Crippen LogP contribution in [0.15, 0.2) is 48.5 Å². The summed E-state index contributed by atoms with van der Waals surface area (Å²) in [6, 6.07) is 15.9. The van der Waals surface area contributed by atoms with Gasteiger partial charge in [0.2, 0.25) is 5.95 Å². The molecule has 0 bridgehead atoms. The van der Waals surface area contributed by atoms with Gasteiger partial charge in [0.1, 0.15) is 12.4 Å². The molecule has 0 saturated heterocycles. The third kappa shape index (κ3) is 2.32.